The molecule has 1 heterocycles. The summed E-state index contributed by atoms with van der Waals surface area (Å²) in [6, 6.07) is 17.8. The molecule has 0 radical (unpaired) electrons. The van der Waals surface area contributed by atoms with Gasteiger partial charge in [-0.05, 0) is 118 Å². The van der Waals surface area contributed by atoms with Crippen LogP contribution in [0, 0.1) is 13.0 Å². The van der Waals surface area contributed by atoms with Gasteiger partial charge >= 0.3 is 0 Å². The van der Waals surface area contributed by atoms with Crippen LogP contribution in [-0.4, -0.2) is 25.2 Å². The van der Waals surface area contributed by atoms with Gasteiger partial charge in [0.05, 0.1) is 13.4 Å². The molecule has 1 aliphatic rings. The summed E-state index contributed by atoms with van der Waals surface area (Å²) in [6.07, 6.45) is 4.05. The number of nitrogens with one attached hydrogen (secondary N) is 1. The number of anilines is 1. The maximum atomic E-state index is 13.1. The summed E-state index contributed by atoms with van der Waals surface area (Å²) in [6.45, 7) is 2.50. The maximum Gasteiger partial charge on any atom is 0.271 e. The second-order valence-electron chi connectivity index (χ2n) is 7.67. The van der Waals surface area contributed by atoms with Crippen molar-refractivity contribution in [2.24, 2.45) is 5.10 Å². The molecule has 3 aromatic carbocycles. The van der Waals surface area contributed by atoms with Crippen molar-refractivity contribution in [3.63, 3.8) is 0 Å². The van der Waals surface area contributed by atoms with Crippen molar-refractivity contribution in [2.45, 2.75) is 19.4 Å². The van der Waals surface area contributed by atoms with Crippen LogP contribution in [0.1, 0.15) is 34.3 Å². The van der Waals surface area contributed by atoms with Gasteiger partial charge in [-0.2, -0.15) is 5.10 Å². The molecular weight excluding hydrogens is 647 g/mol. The van der Waals surface area contributed by atoms with Crippen molar-refractivity contribution in [3.05, 3.63) is 90.3 Å². The molecule has 4 rings (SSSR count). The van der Waals surface area contributed by atoms with Crippen LogP contribution >= 0.6 is 45.2 Å². The summed E-state index contributed by atoms with van der Waals surface area (Å²) in [7, 11) is 0. The Kier molecular flexibility index (Phi) is 8.18. The lowest BCUT2D eigenvalue weighted by Gasteiger charge is -2.17. The Morgan fingerprint density at radius 3 is 2.30 bits per heavy atom. The van der Waals surface area contributed by atoms with E-state index in [9.17, 15) is 9.18 Å². The third-order valence-electron chi connectivity index (χ3n) is 5.30. The first-order valence-corrected chi connectivity index (χ1v) is 12.7. The van der Waals surface area contributed by atoms with Crippen molar-refractivity contribution >= 4 is 63.0 Å². The fourth-order valence-electron chi connectivity index (χ4n) is 3.56. The first kappa shape index (κ1) is 23.9. The van der Waals surface area contributed by atoms with E-state index in [1.165, 1.54) is 25.0 Å². The monoisotopic (exact) mass is 669 g/mol. The zero-order valence-electron chi connectivity index (χ0n) is 17.7. The van der Waals surface area contributed by atoms with Crippen LogP contribution < -0.4 is 15.1 Å². The number of rotatable bonds is 7. The SMILES string of the molecule is O=C(N/N=C\c1cc(I)c(OCc2ccc(F)cc2)c(I)c1)c1ccc(N2CCCC2)cc1. The number of ether oxygens (including phenoxy) is 1. The van der Waals surface area contributed by atoms with Crippen molar-refractivity contribution in [2.75, 3.05) is 18.0 Å². The van der Waals surface area contributed by atoms with Gasteiger partial charge in [-0.1, -0.05) is 12.1 Å². The lowest BCUT2D eigenvalue weighted by molar-refractivity contribution is 0.0955. The predicted molar refractivity (Wildman–Crippen MR) is 146 cm³/mol. The number of hydrazone groups is 1. The molecule has 0 spiro atoms. The third-order valence-corrected chi connectivity index (χ3v) is 6.90. The standard InChI is InChI=1S/C25H22FI2N3O2/c26-20-7-3-17(4-8-20)16-33-24-22(27)13-18(14-23(24)28)15-29-30-25(32)19-5-9-21(10-6-19)31-11-1-2-12-31/h3-10,13-15H,1-2,11-12,16H2,(H,30,32)/b29-15-. The summed E-state index contributed by atoms with van der Waals surface area (Å²) in [5.74, 6) is 0.250. The zero-order chi connectivity index (χ0) is 23.2. The van der Waals surface area contributed by atoms with E-state index < -0.39 is 0 Å². The normalized spacial score (nSPS) is 13.5. The Bertz CT molecular complexity index is 1120. The first-order chi connectivity index (χ1) is 16.0. The molecule has 0 atom stereocenters. The minimum absolute atomic E-state index is 0.247. The highest BCUT2D eigenvalue weighted by Crippen LogP contribution is 2.29. The van der Waals surface area contributed by atoms with Crippen LogP contribution in [0.25, 0.3) is 0 Å². The summed E-state index contributed by atoms with van der Waals surface area (Å²) in [5, 5.41) is 4.11. The fourth-order valence-corrected chi connectivity index (χ4v) is 5.68. The van der Waals surface area contributed by atoms with E-state index in [4.69, 9.17) is 4.74 Å². The number of benzene rings is 3. The van der Waals surface area contributed by atoms with Gasteiger partial charge in [-0.15, -0.1) is 0 Å². The number of amides is 1. The average molecular weight is 669 g/mol. The van der Waals surface area contributed by atoms with E-state index in [1.807, 2.05) is 36.4 Å². The number of carbonyl (C=O) groups excluding carboxylic acids is 1. The Morgan fingerprint density at radius 2 is 1.67 bits per heavy atom. The molecule has 0 aromatic heterocycles. The lowest BCUT2D eigenvalue weighted by Crippen LogP contribution is -2.19. The Morgan fingerprint density at radius 1 is 1.03 bits per heavy atom. The van der Waals surface area contributed by atoms with Gasteiger partial charge in [0, 0.05) is 24.3 Å². The van der Waals surface area contributed by atoms with Gasteiger partial charge in [-0.25, -0.2) is 9.82 Å². The molecule has 3 aromatic rings. The van der Waals surface area contributed by atoms with Gasteiger partial charge in [0.1, 0.15) is 18.2 Å². The van der Waals surface area contributed by atoms with Gasteiger partial charge in [0.2, 0.25) is 0 Å². The topological polar surface area (TPSA) is 53.9 Å². The Balaban J connectivity index is 1.34. The van der Waals surface area contributed by atoms with E-state index in [-0.39, 0.29) is 11.7 Å². The molecule has 1 amide bonds. The molecule has 1 saturated heterocycles. The summed E-state index contributed by atoms with van der Waals surface area (Å²) in [5.41, 5.74) is 6.06. The van der Waals surface area contributed by atoms with Crippen molar-refractivity contribution < 1.29 is 13.9 Å². The zero-order valence-corrected chi connectivity index (χ0v) is 22.0. The summed E-state index contributed by atoms with van der Waals surface area (Å²) < 4.78 is 20.8. The van der Waals surface area contributed by atoms with Crippen LogP contribution in [0.4, 0.5) is 10.1 Å². The van der Waals surface area contributed by atoms with Crippen molar-refractivity contribution in [3.8, 4) is 5.75 Å². The van der Waals surface area contributed by atoms with Gasteiger partial charge < -0.3 is 9.64 Å². The van der Waals surface area contributed by atoms with Gasteiger partial charge in [0.25, 0.3) is 5.91 Å². The molecule has 1 aliphatic heterocycles. The highest BCUT2D eigenvalue weighted by atomic mass is 127. The van der Waals surface area contributed by atoms with Crippen molar-refractivity contribution in [1.29, 1.82) is 0 Å². The molecule has 0 aliphatic carbocycles. The van der Waals surface area contributed by atoms with Crippen molar-refractivity contribution in [1.82, 2.24) is 5.43 Å². The van der Waals surface area contributed by atoms with E-state index in [0.29, 0.717) is 12.2 Å². The molecule has 170 valence electrons. The van der Waals surface area contributed by atoms with Crippen LogP contribution in [0.2, 0.25) is 0 Å². The minimum Gasteiger partial charge on any atom is -0.487 e. The van der Waals surface area contributed by atoms with Gasteiger partial charge in [-0.3, -0.25) is 4.79 Å². The minimum atomic E-state index is -0.266. The molecular formula is C25H22FI2N3O2. The van der Waals surface area contributed by atoms with Crippen LogP contribution in [0.5, 0.6) is 5.75 Å². The van der Waals surface area contributed by atoms with E-state index in [0.717, 1.165) is 42.8 Å². The fraction of sp³-hybridized carbons (Fsp3) is 0.200. The second kappa shape index (κ2) is 11.3. The first-order valence-electron chi connectivity index (χ1n) is 10.5. The number of nitrogens with zero attached hydrogens (tertiary/aromatic N) is 2. The molecule has 33 heavy (non-hydrogen) atoms. The molecule has 5 nitrogen and oxygen atoms in total. The summed E-state index contributed by atoms with van der Waals surface area (Å²) >= 11 is 4.42. The highest BCUT2D eigenvalue weighted by molar-refractivity contribution is 14.1. The molecule has 0 saturated carbocycles. The third kappa shape index (κ3) is 6.44. The molecule has 0 unspecified atom stereocenters. The lowest BCUT2D eigenvalue weighted by atomic mass is 10.2. The maximum absolute atomic E-state index is 13.1. The Hall–Kier alpha value is -2.21. The Labute approximate surface area is 219 Å². The largest absolute Gasteiger partial charge is 0.487 e. The van der Waals surface area contributed by atoms with Gasteiger partial charge in [0.15, 0.2) is 0 Å². The van der Waals surface area contributed by atoms with E-state index >= 15 is 0 Å². The van der Waals surface area contributed by atoms with E-state index in [1.54, 1.807) is 18.3 Å². The highest BCUT2D eigenvalue weighted by Gasteiger charge is 2.13. The van der Waals surface area contributed by atoms with Crippen LogP contribution in [-0.2, 0) is 6.61 Å². The smallest absolute Gasteiger partial charge is 0.271 e. The predicted octanol–water partition coefficient (Wildman–Crippen LogP) is 5.98. The average Bonchev–Trinajstić information content (AvgIpc) is 3.35. The molecule has 0 bridgehead atoms. The number of hydrogen-bond acceptors (Lipinski definition) is 4. The molecule has 1 N–H and O–H groups in total. The number of carbonyl (C=O) groups is 1. The van der Waals surface area contributed by atoms with E-state index in [2.05, 4.69) is 60.6 Å². The van der Waals surface area contributed by atoms with Crippen LogP contribution in [0.15, 0.2) is 65.8 Å². The van der Waals surface area contributed by atoms with Crippen LogP contribution in [0.3, 0.4) is 0 Å². The second-order valence-corrected chi connectivity index (χ2v) is 9.99. The quantitative estimate of drug-likeness (QED) is 0.192. The number of halogens is 3. The molecule has 8 heteroatoms. The molecule has 1 fully saturated rings. The number of hydrogen-bond donors (Lipinski definition) is 1. The summed E-state index contributed by atoms with van der Waals surface area (Å²) in [4.78, 5) is 14.7.